The zero-order valence-corrected chi connectivity index (χ0v) is 21.6. The maximum atomic E-state index is 5.04. The molecule has 0 unspecified atom stereocenters. The minimum absolute atomic E-state index is 0.694. The van der Waals surface area contributed by atoms with Gasteiger partial charge in [-0.2, -0.15) is 0 Å². The SMILES string of the molecule is c1cc[n+](-c2nc3c(-c4ccc(-c5cccs5)s4)ccc(-c4ccc(-c5cccs5)s4)c3[n-]2)cc1. The summed E-state index contributed by atoms with van der Waals surface area (Å²) >= 11 is 7.16. The standard InChI is InChI=1S/C28H17N3S4/c1-2-14-31(15-3-1)28-29-26-18(20-10-12-24(34-20)22-6-4-16-32-22)8-9-19(27(26)30-28)21-11-13-25(35-21)23-7-5-17-33-23/h1-17H. The molecule has 0 atom stereocenters. The van der Waals surface area contributed by atoms with Crippen molar-refractivity contribution in [3.05, 3.63) is 102 Å². The van der Waals surface area contributed by atoms with E-state index in [4.69, 9.17) is 9.97 Å². The van der Waals surface area contributed by atoms with E-state index in [-0.39, 0.29) is 0 Å². The van der Waals surface area contributed by atoms with E-state index in [0.29, 0.717) is 5.95 Å². The topological polar surface area (TPSA) is 30.9 Å². The maximum absolute atomic E-state index is 5.04. The molecule has 1 aromatic carbocycles. The Bertz CT molecular complexity index is 1630. The van der Waals surface area contributed by atoms with Gasteiger partial charge in [-0.05, 0) is 59.3 Å². The number of hydrogen-bond acceptors (Lipinski definition) is 5. The zero-order chi connectivity index (χ0) is 23.2. The van der Waals surface area contributed by atoms with Gasteiger partial charge < -0.3 is 0 Å². The van der Waals surface area contributed by atoms with Crippen molar-refractivity contribution < 1.29 is 4.57 Å². The van der Waals surface area contributed by atoms with Gasteiger partial charge in [0.2, 0.25) is 5.95 Å². The first-order valence-corrected chi connectivity index (χ1v) is 14.4. The second-order valence-corrected chi connectivity index (χ2v) is 12.0. The summed E-state index contributed by atoms with van der Waals surface area (Å²) in [4.78, 5) is 17.7. The van der Waals surface area contributed by atoms with Gasteiger partial charge in [0.1, 0.15) is 11.0 Å². The molecule has 0 fully saturated rings. The van der Waals surface area contributed by atoms with E-state index in [2.05, 4.69) is 71.4 Å². The summed E-state index contributed by atoms with van der Waals surface area (Å²) in [6, 6.07) is 27.8. The maximum Gasteiger partial charge on any atom is 0.234 e. The van der Waals surface area contributed by atoms with Crippen LogP contribution in [0.25, 0.3) is 57.4 Å². The van der Waals surface area contributed by atoms with Crippen molar-refractivity contribution in [2.75, 3.05) is 0 Å². The van der Waals surface area contributed by atoms with E-state index < -0.39 is 0 Å². The molecule has 0 radical (unpaired) electrons. The number of nitrogens with zero attached hydrogens (tertiary/aromatic N) is 3. The fraction of sp³-hybridized carbons (Fsp3) is 0. The normalized spacial score (nSPS) is 11.4. The predicted molar refractivity (Wildman–Crippen MR) is 150 cm³/mol. The highest BCUT2D eigenvalue weighted by molar-refractivity contribution is 7.24. The van der Waals surface area contributed by atoms with E-state index in [1.807, 2.05) is 57.8 Å². The second-order valence-electron chi connectivity index (χ2n) is 7.95. The molecule has 168 valence electrons. The number of fused-ring (bicyclic) bond motifs is 1. The molecule has 7 heteroatoms. The van der Waals surface area contributed by atoms with Crippen molar-refractivity contribution >= 4 is 56.4 Å². The van der Waals surface area contributed by atoms with Crippen molar-refractivity contribution in [2.24, 2.45) is 0 Å². The first kappa shape index (κ1) is 21.0. The molecule has 7 aromatic rings. The van der Waals surface area contributed by atoms with Crippen LogP contribution in [0.2, 0.25) is 0 Å². The summed E-state index contributed by atoms with van der Waals surface area (Å²) in [5.41, 5.74) is 4.14. The lowest BCUT2D eigenvalue weighted by Crippen LogP contribution is -2.31. The van der Waals surface area contributed by atoms with Crippen LogP contribution in [0.1, 0.15) is 0 Å². The average molecular weight is 524 g/mol. The molecule has 6 heterocycles. The number of aromatic nitrogens is 3. The van der Waals surface area contributed by atoms with E-state index in [1.54, 1.807) is 22.7 Å². The van der Waals surface area contributed by atoms with Crippen LogP contribution in [0.3, 0.4) is 0 Å². The Kier molecular flexibility index (Phi) is 5.21. The molecule has 7 rings (SSSR count). The van der Waals surface area contributed by atoms with Crippen LogP contribution in [0.5, 0.6) is 0 Å². The van der Waals surface area contributed by atoms with Gasteiger partial charge in [-0.3, -0.25) is 4.57 Å². The minimum Gasteiger partial charge on any atom is -0.293 e. The molecular formula is C28H17N3S4. The fourth-order valence-electron chi connectivity index (χ4n) is 4.14. The Balaban J connectivity index is 1.40. The number of pyridine rings is 1. The largest absolute Gasteiger partial charge is 0.293 e. The van der Waals surface area contributed by atoms with Gasteiger partial charge in [-0.25, -0.2) is 9.97 Å². The van der Waals surface area contributed by atoms with E-state index in [9.17, 15) is 0 Å². The summed E-state index contributed by atoms with van der Waals surface area (Å²) < 4.78 is 1.98. The molecule has 0 N–H and O–H groups in total. The third-order valence-corrected chi connectivity index (χ3v) is 10.2. The highest BCUT2D eigenvalue weighted by atomic mass is 32.1. The zero-order valence-electron chi connectivity index (χ0n) is 18.3. The lowest BCUT2D eigenvalue weighted by Gasteiger charge is -2.04. The highest BCUT2D eigenvalue weighted by Gasteiger charge is 2.19. The monoisotopic (exact) mass is 523 g/mol. The lowest BCUT2D eigenvalue weighted by molar-refractivity contribution is -0.603. The van der Waals surface area contributed by atoms with Crippen molar-refractivity contribution in [3.8, 4) is 46.3 Å². The van der Waals surface area contributed by atoms with Crippen LogP contribution in [0, 0.1) is 0 Å². The van der Waals surface area contributed by atoms with E-state index in [0.717, 1.165) is 22.2 Å². The summed E-state index contributed by atoms with van der Waals surface area (Å²) in [7, 11) is 0. The number of thiophene rings is 4. The van der Waals surface area contributed by atoms with Crippen molar-refractivity contribution in [1.29, 1.82) is 0 Å². The Morgan fingerprint density at radius 2 is 1.17 bits per heavy atom. The average Bonchev–Trinajstić information content (AvgIpc) is 3.73. The molecule has 0 aliphatic rings. The highest BCUT2D eigenvalue weighted by Crippen LogP contribution is 2.43. The molecule has 0 amide bonds. The third kappa shape index (κ3) is 3.77. The first-order valence-electron chi connectivity index (χ1n) is 11.1. The molecule has 0 saturated heterocycles. The van der Waals surface area contributed by atoms with Gasteiger partial charge in [0, 0.05) is 52.8 Å². The van der Waals surface area contributed by atoms with Crippen LogP contribution in [-0.2, 0) is 0 Å². The number of imidazole rings is 1. The van der Waals surface area contributed by atoms with Crippen molar-refractivity contribution in [1.82, 2.24) is 9.97 Å². The smallest absolute Gasteiger partial charge is 0.234 e. The molecule has 0 spiro atoms. The van der Waals surface area contributed by atoms with Crippen LogP contribution in [-0.4, -0.2) is 4.98 Å². The van der Waals surface area contributed by atoms with Crippen LogP contribution >= 0.6 is 45.3 Å². The fourth-order valence-corrected chi connectivity index (χ4v) is 7.88. The summed E-state index contributed by atoms with van der Waals surface area (Å²) in [6.07, 6.45) is 3.99. The number of benzene rings is 1. The Morgan fingerprint density at radius 3 is 1.80 bits per heavy atom. The quantitative estimate of drug-likeness (QED) is 0.212. The van der Waals surface area contributed by atoms with Crippen molar-refractivity contribution in [2.45, 2.75) is 0 Å². The predicted octanol–water partition coefficient (Wildman–Crippen LogP) is 8.38. The summed E-state index contributed by atoms with van der Waals surface area (Å²) in [5, 5.41) is 4.25. The first-order chi connectivity index (χ1) is 17.3. The molecule has 0 aliphatic carbocycles. The molecule has 0 saturated carbocycles. The summed E-state index contributed by atoms with van der Waals surface area (Å²) in [5.74, 6) is 0.694. The molecular weight excluding hydrogens is 507 g/mol. The minimum atomic E-state index is 0.694. The molecule has 0 aliphatic heterocycles. The van der Waals surface area contributed by atoms with Gasteiger partial charge in [0.05, 0.1) is 0 Å². The molecule has 6 aromatic heterocycles. The van der Waals surface area contributed by atoms with Gasteiger partial charge in [0.15, 0.2) is 0 Å². The van der Waals surface area contributed by atoms with E-state index >= 15 is 0 Å². The van der Waals surface area contributed by atoms with Crippen LogP contribution in [0.15, 0.2) is 102 Å². The van der Waals surface area contributed by atoms with Gasteiger partial charge >= 0.3 is 0 Å². The number of rotatable bonds is 5. The van der Waals surface area contributed by atoms with Crippen LogP contribution < -0.4 is 9.55 Å². The van der Waals surface area contributed by atoms with Crippen molar-refractivity contribution in [3.63, 3.8) is 0 Å². The Morgan fingerprint density at radius 1 is 0.571 bits per heavy atom. The van der Waals surface area contributed by atoms with E-state index in [1.165, 1.54) is 29.3 Å². The van der Waals surface area contributed by atoms with Gasteiger partial charge in [0.25, 0.3) is 0 Å². The van der Waals surface area contributed by atoms with Gasteiger partial charge in [-0.15, -0.1) is 45.3 Å². The molecule has 3 nitrogen and oxygen atoms in total. The molecule has 35 heavy (non-hydrogen) atoms. The lowest BCUT2D eigenvalue weighted by atomic mass is 10.1. The second kappa shape index (κ2) is 8.70. The number of hydrogen-bond donors (Lipinski definition) is 0. The molecule has 0 bridgehead atoms. The Labute approximate surface area is 218 Å². The Hall–Kier alpha value is -3.36. The van der Waals surface area contributed by atoms with Gasteiger partial charge in [-0.1, -0.05) is 30.3 Å². The van der Waals surface area contributed by atoms with Crippen LogP contribution in [0.4, 0.5) is 0 Å². The third-order valence-electron chi connectivity index (χ3n) is 5.79. The summed E-state index contributed by atoms with van der Waals surface area (Å²) in [6.45, 7) is 0.